The van der Waals surface area contributed by atoms with E-state index in [0.29, 0.717) is 12.0 Å². The Labute approximate surface area is 130 Å². The summed E-state index contributed by atoms with van der Waals surface area (Å²) >= 11 is 0. The van der Waals surface area contributed by atoms with Gasteiger partial charge >= 0.3 is 0 Å². The maximum atomic E-state index is 12.1. The van der Waals surface area contributed by atoms with Crippen LogP contribution in [0.5, 0.6) is 5.75 Å². The van der Waals surface area contributed by atoms with Gasteiger partial charge in [0.15, 0.2) is 0 Å². The van der Waals surface area contributed by atoms with E-state index in [-0.39, 0.29) is 11.9 Å². The Kier molecular flexibility index (Phi) is 5.74. The summed E-state index contributed by atoms with van der Waals surface area (Å²) in [6, 6.07) is 16.8. The molecule has 114 valence electrons. The van der Waals surface area contributed by atoms with E-state index in [1.807, 2.05) is 48.5 Å². The third kappa shape index (κ3) is 4.20. The number of rotatable bonds is 7. The molecule has 1 amide bonds. The molecule has 0 saturated heterocycles. The van der Waals surface area contributed by atoms with Crippen LogP contribution in [0.25, 0.3) is 0 Å². The Hall–Kier alpha value is -2.59. The van der Waals surface area contributed by atoms with Crippen molar-refractivity contribution >= 4 is 5.91 Å². The molecule has 0 spiro atoms. The fourth-order valence-corrected chi connectivity index (χ4v) is 2.10. The molecule has 0 saturated carbocycles. The summed E-state index contributed by atoms with van der Waals surface area (Å²) in [6.07, 6.45) is 2.51. The molecule has 0 heterocycles. The first kappa shape index (κ1) is 15.8. The Bertz CT molecular complexity index is 609. The quantitative estimate of drug-likeness (QED) is 0.609. The van der Waals surface area contributed by atoms with Crippen molar-refractivity contribution in [1.82, 2.24) is 10.9 Å². The lowest BCUT2D eigenvalue weighted by Gasteiger charge is -2.18. The van der Waals surface area contributed by atoms with E-state index >= 15 is 0 Å². The van der Waals surface area contributed by atoms with Crippen molar-refractivity contribution in [2.75, 3.05) is 7.11 Å². The van der Waals surface area contributed by atoms with Gasteiger partial charge in [-0.05, 0) is 36.2 Å². The second-order valence-electron chi connectivity index (χ2n) is 4.81. The maximum absolute atomic E-state index is 12.1. The summed E-state index contributed by atoms with van der Waals surface area (Å²) in [4.78, 5) is 12.1. The van der Waals surface area contributed by atoms with Gasteiger partial charge in [-0.2, -0.15) is 0 Å². The Balaban J connectivity index is 2.02. The van der Waals surface area contributed by atoms with Gasteiger partial charge in [0.2, 0.25) is 0 Å². The van der Waals surface area contributed by atoms with Crippen molar-refractivity contribution in [3.05, 3.63) is 78.4 Å². The third-order valence-corrected chi connectivity index (χ3v) is 3.32. The molecule has 0 fully saturated rings. The molecule has 0 aliphatic rings. The van der Waals surface area contributed by atoms with Crippen molar-refractivity contribution in [1.29, 1.82) is 0 Å². The molecular weight excluding hydrogens is 276 g/mol. The second-order valence-corrected chi connectivity index (χ2v) is 4.81. The zero-order chi connectivity index (χ0) is 15.8. The van der Waals surface area contributed by atoms with Crippen molar-refractivity contribution in [3.63, 3.8) is 0 Å². The van der Waals surface area contributed by atoms with E-state index in [1.165, 1.54) is 0 Å². The van der Waals surface area contributed by atoms with Crippen LogP contribution < -0.4 is 15.6 Å². The van der Waals surface area contributed by atoms with Crippen molar-refractivity contribution in [2.24, 2.45) is 0 Å². The number of hydrazine groups is 1. The highest BCUT2D eigenvalue weighted by Crippen LogP contribution is 2.20. The van der Waals surface area contributed by atoms with E-state index in [0.717, 1.165) is 11.3 Å². The number of nitrogens with one attached hydrogen (secondary N) is 2. The summed E-state index contributed by atoms with van der Waals surface area (Å²) in [5, 5.41) is 0. The number of amides is 1. The summed E-state index contributed by atoms with van der Waals surface area (Å²) in [5.41, 5.74) is 7.47. The molecule has 2 aromatic rings. The van der Waals surface area contributed by atoms with Gasteiger partial charge in [-0.3, -0.25) is 10.2 Å². The monoisotopic (exact) mass is 296 g/mol. The van der Waals surface area contributed by atoms with Crippen LogP contribution in [0.2, 0.25) is 0 Å². The largest absolute Gasteiger partial charge is 0.497 e. The van der Waals surface area contributed by atoms with Crippen LogP contribution in [0.15, 0.2) is 67.3 Å². The molecule has 1 atom stereocenters. The normalized spacial score (nSPS) is 11.5. The molecule has 4 heteroatoms. The van der Waals surface area contributed by atoms with Crippen LogP contribution in [0.3, 0.4) is 0 Å². The van der Waals surface area contributed by atoms with E-state index in [4.69, 9.17) is 4.74 Å². The summed E-state index contributed by atoms with van der Waals surface area (Å²) in [7, 11) is 1.63. The van der Waals surface area contributed by atoms with E-state index in [2.05, 4.69) is 17.4 Å². The fourth-order valence-electron chi connectivity index (χ4n) is 2.10. The lowest BCUT2D eigenvalue weighted by atomic mass is 10.0. The molecule has 4 nitrogen and oxygen atoms in total. The first-order chi connectivity index (χ1) is 10.7. The van der Waals surface area contributed by atoms with Gasteiger partial charge in [0.25, 0.3) is 5.91 Å². The highest BCUT2D eigenvalue weighted by molar-refractivity contribution is 5.93. The minimum absolute atomic E-state index is 0.0453. The van der Waals surface area contributed by atoms with Gasteiger partial charge in [0, 0.05) is 5.56 Å². The van der Waals surface area contributed by atoms with E-state index < -0.39 is 0 Å². The lowest BCUT2D eigenvalue weighted by molar-refractivity contribution is 0.0925. The number of hydrogen-bond acceptors (Lipinski definition) is 3. The van der Waals surface area contributed by atoms with Crippen molar-refractivity contribution in [3.8, 4) is 5.75 Å². The Morgan fingerprint density at radius 3 is 2.45 bits per heavy atom. The SMILES string of the molecule is C=CC[C@H](NNC(=O)c1ccccc1)c1ccc(OC)cc1. The molecule has 0 radical (unpaired) electrons. The summed E-state index contributed by atoms with van der Waals surface area (Å²) < 4.78 is 5.15. The molecule has 0 bridgehead atoms. The van der Waals surface area contributed by atoms with Gasteiger partial charge in [-0.15, -0.1) is 6.58 Å². The van der Waals surface area contributed by atoms with Crippen LogP contribution in [0.4, 0.5) is 0 Å². The average molecular weight is 296 g/mol. The standard InChI is InChI=1S/C18H20N2O2/c1-3-7-17(14-10-12-16(22-2)13-11-14)19-20-18(21)15-8-5-4-6-9-15/h3-6,8-13,17,19H,1,7H2,2H3,(H,20,21)/t17-/m0/s1. The topological polar surface area (TPSA) is 50.4 Å². The molecule has 2 rings (SSSR count). The van der Waals surface area contributed by atoms with Gasteiger partial charge < -0.3 is 4.74 Å². The first-order valence-corrected chi connectivity index (χ1v) is 7.10. The highest BCUT2D eigenvalue weighted by atomic mass is 16.5. The fraction of sp³-hybridized carbons (Fsp3) is 0.167. The van der Waals surface area contributed by atoms with Crippen LogP contribution in [0, 0.1) is 0 Å². The predicted octanol–water partition coefficient (Wildman–Crippen LogP) is 3.25. The number of hydrogen-bond donors (Lipinski definition) is 2. The van der Waals surface area contributed by atoms with Crippen LogP contribution in [-0.4, -0.2) is 13.0 Å². The molecule has 0 aliphatic heterocycles. The van der Waals surface area contributed by atoms with Crippen molar-refractivity contribution < 1.29 is 9.53 Å². The average Bonchev–Trinajstić information content (AvgIpc) is 2.59. The Morgan fingerprint density at radius 1 is 1.18 bits per heavy atom. The molecule has 2 aromatic carbocycles. The van der Waals surface area contributed by atoms with Crippen LogP contribution in [0.1, 0.15) is 28.4 Å². The number of benzene rings is 2. The van der Waals surface area contributed by atoms with Gasteiger partial charge in [0.05, 0.1) is 13.2 Å². The molecular formula is C18H20N2O2. The van der Waals surface area contributed by atoms with Gasteiger partial charge in [0.1, 0.15) is 5.75 Å². The zero-order valence-corrected chi connectivity index (χ0v) is 12.6. The van der Waals surface area contributed by atoms with Crippen molar-refractivity contribution in [2.45, 2.75) is 12.5 Å². The second kappa shape index (κ2) is 8.00. The molecule has 0 unspecified atom stereocenters. The number of carbonyl (C=O) groups excluding carboxylic acids is 1. The molecule has 0 aliphatic carbocycles. The predicted molar refractivity (Wildman–Crippen MR) is 87.6 cm³/mol. The lowest BCUT2D eigenvalue weighted by Crippen LogP contribution is -2.39. The van der Waals surface area contributed by atoms with Crippen LogP contribution in [-0.2, 0) is 0 Å². The highest BCUT2D eigenvalue weighted by Gasteiger charge is 2.12. The molecule has 0 aromatic heterocycles. The minimum Gasteiger partial charge on any atom is -0.497 e. The third-order valence-electron chi connectivity index (χ3n) is 3.32. The van der Waals surface area contributed by atoms with Gasteiger partial charge in [-0.25, -0.2) is 5.43 Å². The number of ether oxygens (including phenoxy) is 1. The maximum Gasteiger partial charge on any atom is 0.265 e. The van der Waals surface area contributed by atoms with E-state index in [1.54, 1.807) is 19.2 Å². The first-order valence-electron chi connectivity index (χ1n) is 7.10. The summed E-state index contributed by atoms with van der Waals surface area (Å²) in [6.45, 7) is 3.77. The number of methoxy groups -OCH3 is 1. The van der Waals surface area contributed by atoms with Gasteiger partial charge in [-0.1, -0.05) is 36.4 Å². The molecule has 22 heavy (non-hydrogen) atoms. The van der Waals surface area contributed by atoms with Crippen LogP contribution >= 0.6 is 0 Å². The van der Waals surface area contributed by atoms with E-state index in [9.17, 15) is 4.79 Å². The smallest absolute Gasteiger partial charge is 0.265 e. The zero-order valence-electron chi connectivity index (χ0n) is 12.6. The summed E-state index contributed by atoms with van der Waals surface area (Å²) in [5.74, 6) is 0.637. The minimum atomic E-state index is -0.164. The Morgan fingerprint density at radius 2 is 1.86 bits per heavy atom. The number of carbonyl (C=O) groups is 1. The molecule has 2 N–H and O–H groups in total.